The zero-order valence-corrected chi connectivity index (χ0v) is 17.6. The first-order valence-corrected chi connectivity index (χ1v) is 10.6. The van der Waals surface area contributed by atoms with Crippen molar-refractivity contribution in [1.82, 2.24) is 0 Å². The molecule has 0 radical (unpaired) electrons. The summed E-state index contributed by atoms with van der Waals surface area (Å²) in [6.45, 7) is 1.79. The van der Waals surface area contributed by atoms with E-state index in [1.54, 1.807) is 49.4 Å². The van der Waals surface area contributed by atoms with E-state index >= 15 is 0 Å². The number of esters is 1. The number of carbonyl (C=O) groups excluding carboxylic acids is 3. The molecule has 0 atom stereocenters. The second kappa shape index (κ2) is 9.06. The predicted molar refractivity (Wildman–Crippen MR) is 120 cm³/mol. The number of nitrogens with one attached hydrogen (secondary N) is 1. The maximum Gasteiger partial charge on any atom is 0.338 e. The van der Waals surface area contributed by atoms with E-state index in [4.69, 9.17) is 4.74 Å². The monoisotopic (exact) mass is 432 g/mol. The van der Waals surface area contributed by atoms with E-state index in [0.29, 0.717) is 22.5 Å². The average molecular weight is 433 g/mol. The van der Waals surface area contributed by atoms with Crippen molar-refractivity contribution in [2.24, 2.45) is 0 Å². The molecule has 1 N–H and O–H groups in total. The van der Waals surface area contributed by atoms with Gasteiger partial charge in [0.25, 0.3) is 5.91 Å². The number of hydrogen-bond donors (Lipinski definition) is 1. The van der Waals surface area contributed by atoms with Crippen molar-refractivity contribution in [3.63, 3.8) is 0 Å². The highest BCUT2D eigenvalue weighted by molar-refractivity contribution is 7.99. The van der Waals surface area contributed by atoms with Crippen LogP contribution in [-0.4, -0.2) is 30.9 Å². The molecule has 0 aliphatic carbocycles. The van der Waals surface area contributed by atoms with Crippen molar-refractivity contribution in [1.29, 1.82) is 0 Å². The molecular formula is C24H20N2O4S. The molecule has 1 aliphatic heterocycles. The number of nitrogens with zero attached hydrogens (tertiary/aromatic N) is 1. The minimum Gasteiger partial charge on any atom is -0.462 e. The molecule has 0 spiro atoms. The van der Waals surface area contributed by atoms with E-state index < -0.39 is 5.97 Å². The van der Waals surface area contributed by atoms with Crippen LogP contribution in [0, 0.1) is 0 Å². The Labute approximate surface area is 184 Å². The molecule has 3 aromatic rings. The Bertz CT molecular complexity index is 1150. The summed E-state index contributed by atoms with van der Waals surface area (Å²) in [5, 5.41) is 2.81. The smallest absolute Gasteiger partial charge is 0.338 e. The van der Waals surface area contributed by atoms with Crippen molar-refractivity contribution in [2.75, 3.05) is 23.4 Å². The Hall–Kier alpha value is -3.58. The highest BCUT2D eigenvalue weighted by atomic mass is 32.2. The number of benzene rings is 3. The SMILES string of the molecule is CCOC(=O)c1ccc2c(c1)N(CC(=O)Nc1ccccc1)C(=O)c1ccccc1S2. The number of para-hydroxylation sites is 1. The fourth-order valence-electron chi connectivity index (χ4n) is 3.28. The first-order valence-electron chi connectivity index (χ1n) is 9.81. The highest BCUT2D eigenvalue weighted by Crippen LogP contribution is 2.41. The van der Waals surface area contributed by atoms with Gasteiger partial charge in [0, 0.05) is 15.5 Å². The van der Waals surface area contributed by atoms with Crippen LogP contribution in [0.5, 0.6) is 0 Å². The van der Waals surface area contributed by atoms with Crippen LogP contribution >= 0.6 is 11.8 Å². The zero-order valence-electron chi connectivity index (χ0n) is 16.8. The van der Waals surface area contributed by atoms with Crippen LogP contribution in [0.1, 0.15) is 27.6 Å². The van der Waals surface area contributed by atoms with Crippen LogP contribution in [-0.2, 0) is 9.53 Å². The predicted octanol–water partition coefficient (Wildman–Crippen LogP) is 4.61. The van der Waals surface area contributed by atoms with Gasteiger partial charge in [-0.2, -0.15) is 0 Å². The summed E-state index contributed by atoms with van der Waals surface area (Å²) in [6, 6.07) is 21.4. The van der Waals surface area contributed by atoms with Crippen LogP contribution in [0.3, 0.4) is 0 Å². The number of carbonyl (C=O) groups is 3. The van der Waals surface area contributed by atoms with Gasteiger partial charge in [0.15, 0.2) is 0 Å². The van der Waals surface area contributed by atoms with E-state index in [-0.39, 0.29) is 25.0 Å². The Morgan fingerprint density at radius 1 is 0.968 bits per heavy atom. The molecule has 0 saturated heterocycles. The molecule has 31 heavy (non-hydrogen) atoms. The van der Waals surface area contributed by atoms with Gasteiger partial charge < -0.3 is 10.1 Å². The van der Waals surface area contributed by atoms with Gasteiger partial charge in [0.2, 0.25) is 5.91 Å². The topological polar surface area (TPSA) is 75.7 Å². The van der Waals surface area contributed by atoms with Crippen LogP contribution in [0.25, 0.3) is 0 Å². The van der Waals surface area contributed by atoms with Gasteiger partial charge in [-0.25, -0.2) is 4.79 Å². The third-order valence-corrected chi connectivity index (χ3v) is 5.84. The first kappa shape index (κ1) is 20.7. The summed E-state index contributed by atoms with van der Waals surface area (Å²) in [5.74, 6) is -1.11. The Balaban J connectivity index is 1.72. The van der Waals surface area contributed by atoms with E-state index in [0.717, 1.165) is 9.79 Å². The summed E-state index contributed by atoms with van der Waals surface area (Å²) >= 11 is 1.43. The van der Waals surface area contributed by atoms with Crippen molar-refractivity contribution in [2.45, 2.75) is 16.7 Å². The molecule has 7 heteroatoms. The third kappa shape index (κ3) is 4.46. The first-order chi connectivity index (χ1) is 15.1. The summed E-state index contributed by atoms with van der Waals surface area (Å²) in [6.07, 6.45) is 0. The van der Waals surface area contributed by atoms with Crippen LogP contribution in [0.15, 0.2) is 82.6 Å². The molecule has 156 valence electrons. The minimum absolute atomic E-state index is 0.193. The Kier molecular flexibility index (Phi) is 6.04. The van der Waals surface area contributed by atoms with Crippen LogP contribution in [0.2, 0.25) is 0 Å². The maximum absolute atomic E-state index is 13.4. The van der Waals surface area contributed by atoms with Crippen molar-refractivity contribution >= 4 is 40.9 Å². The van der Waals surface area contributed by atoms with Crippen molar-refractivity contribution < 1.29 is 19.1 Å². The molecule has 3 aromatic carbocycles. The lowest BCUT2D eigenvalue weighted by molar-refractivity contribution is -0.114. The van der Waals surface area contributed by atoms with E-state index in [2.05, 4.69) is 5.32 Å². The van der Waals surface area contributed by atoms with Gasteiger partial charge in [-0.15, -0.1) is 0 Å². The van der Waals surface area contributed by atoms with Gasteiger partial charge in [-0.1, -0.05) is 42.1 Å². The molecule has 0 aromatic heterocycles. The van der Waals surface area contributed by atoms with Gasteiger partial charge in [-0.3, -0.25) is 14.5 Å². The summed E-state index contributed by atoms with van der Waals surface area (Å²) in [5.41, 5.74) is 1.98. The number of hydrogen-bond acceptors (Lipinski definition) is 5. The zero-order chi connectivity index (χ0) is 21.8. The molecule has 0 unspecified atom stereocenters. The van der Waals surface area contributed by atoms with E-state index in [9.17, 15) is 14.4 Å². The summed E-state index contributed by atoms with van der Waals surface area (Å²) in [4.78, 5) is 41.4. The third-order valence-electron chi connectivity index (χ3n) is 4.70. The summed E-state index contributed by atoms with van der Waals surface area (Å²) in [7, 11) is 0. The van der Waals surface area contributed by atoms with Gasteiger partial charge in [-0.05, 0) is 49.4 Å². The minimum atomic E-state index is -0.474. The van der Waals surface area contributed by atoms with Crippen LogP contribution < -0.4 is 10.2 Å². The molecule has 0 saturated carbocycles. The normalized spacial score (nSPS) is 12.4. The van der Waals surface area contributed by atoms with E-state index in [1.807, 2.05) is 30.3 Å². The number of anilines is 2. The number of rotatable bonds is 5. The lowest BCUT2D eigenvalue weighted by atomic mass is 10.1. The lowest BCUT2D eigenvalue weighted by Crippen LogP contribution is -2.38. The molecule has 6 nitrogen and oxygen atoms in total. The highest BCUT2D eigenvalue weighted by Gasteiger charge is 2.29. The number of fused-ring (bicyclic) bond motifs is 2. The van der Waals surface area contributed by atoms with E-state index in [1.165, 1.54) is 16.7 Å². The fourth-order valence-corrected chi connectivity index (χ4v) is 4.34. The second-order valence-electron chi connectivity index (χ2n) is 6.81. The number of ether oxygens (including phenoxy) is 1. The average Bonchev–Trinajstić information content (AvgIpc) is 2.89. The van der Waals surface area contributed by atoms with Gasteiger partial charge >= 0.3 is 5.97 Å². The molecular weight excluding hydrogens is 412 g/mol. The largest absolute Gasteiger partial charge is 0.462 e. The molecule has 0 bridgehead atoms. The number of amides is 2. The maximum atomic E-state index is 13.4. The standard InChI is InChI=1S/C24H20N2O4S/c1-2-30-24(29)16-12-13-21-19(14-16)26(15-22(27)25-17-8-4-3-5-9-17)23(28)18-10-6-7-11-20(18)31-21/h3-14H,2,15H2,1H3,(H,25,27). The lowest BCUT2D eigenvalue weighted by Gasteiger charge is -2.23. The van der Waals surface area contributed by atoms with Gasteiger partial charge in [0.05, 0.1) is 23.4 Å². The molecule has 2 amide bonds. The molecule has 0 fully saturated rings. The van der Waals surface area contributed by atoms with Crippen LogP contribution in [0.4, 0.5) is 11.4 Å². The Morgan fingerprint density at radius 2 is 1.71 bits per heavy atom. The fraction of sp³-hybridized carbons (Fsp3) is 0.125. The van der Waals surface area contributed by atoms with Crippen molar-refractivity contribution in [3.8, 4) is 0 Å². The molecule has 1 aliphatic rings. The molecule has 4 rings (SSSR count). The molecule has 1 heterocycles. The summed E-state index contributed by atoms with van der Waals surface area (Å²) < 4.78 is 5.11. The van der Waals surface area contributed by atoms with Gasteiger partial charge in [0.1, 0.15) is 6.54 Å². The Morgan fingerprint density at radius 3 is 2.48 bits per heavy atom. The quantitative estimate of drug-likeness (QED) is 0.596. The van der Waals surface area contributed by atoms with Crippen molar-refractivity contribution in [3.05, 3.63) is 83.9 Å². The second-order valence-corrected chi connectivity index (χ2v) is 7.89.